The zero-order valence-corrected chi connectivity index (χ0v) is 15.8. The average molecular weight is 374 g/mol. The van der Waals surface area contributed by atoms with Gasteiger partial charge in [0.05, 0.1) is 6.04 Å². The molecule has 0 aromatic carbocycles. The number of carbonyl (C=O) groups excluding carboxylic acids is 3. The van der Waals surface area contributed by atoms with Crippen LogP contribution in [0, 0.1) is 35.5 Å². The van der Waals surface area contributed by atoms with Crippen molar-refractivity contribution in [2.45, 2.75) is 44.7 Å². The highest BCUT2D eigenvalue weighted by Crippen LogP contribution is 2.49. The minimum absolute atomic E-state index is 0.0622. The third-order valence-electron chi connectivity index (χ3n) is 6.98. The number of allylic oxidation sites excluding steroid dienone is 2. The molecule has 0 aromatic heterocycles. The maximum Gasteiger partial charge on any atom is 0.240 e. The Labute approximate surface area is 159 Å². The summed E-state index contributed by atoms with van der Waals surface area (Å²) < 4.78 is 0. The zero-order chi connectivity index (χ0) is 19.1. The van der Waals surface area contributed by atoms with Gasteiger partial charge in [-0.1, -0.05) is 19.1 Å². The van der Waals surface area contributed by atoms with Gasteiger partial charge in [-0.25, -0.2) is 0 Å². The van der Waals surface area contributed by atoms with Gasteiger partial charge in [0.15, 0.2) is 0 Å². The van der Waals surface area contributed by atoms with Gasteiger partial charge >= 0.3 is 0 Å². The topological polar surface area (TPSA) is 113 Å². The fourth-order valence-corrected chi connectivity index (χ4v) is 5.36. The lowest BCUT2D eigenvalue weighted by Crippen LogP contribution is -2.53. The highest BCUT2D eigenvalue weighted by atomic mass is 16.2. The fraction of sp³-hybridized carbons (Fsp3) is 0.750. The van der Waals surface area contributed by atoms with Gasteiger partial charge in [0.2, 0.25) is 17.7 Å². The Bertz CT molecular complexity index is 660. The maximum absolute atomic E-state index is 13.0. The number of fused-ring (bicyclic) bond motifs is 1. The third kappa shape index (κ3) is 3.61. The van der Waals surface area contributed by atoms with E-state index in [1.807, 2.05) is 0 Å². The van der Waals surface area contributed by atoms with Crippen molar-refractivity contribution in [3.8, 4) is 0 Å². The molecule has 3 amide bonds. The second kappa shape index (κ2) is 7.26. The largest absolute Gasteiger partial charge is 0.368 e. The van der Waals surface area contributed by atoms with E-state index in [0.717, 1.165) is 12.5 Å². The van der Waals surface area contributed by atoms with Crippen LogP contribution in [0.5, 0.6) is 0 Å². The molecule has 7 atom stereocenters. The number of hydrogen-bond donors (Lipinski definition) is 4. The van der Waals surface area contributed by atoms with Crippen LogP contribution in [-0.4, -0.2) is 42.9 Å². The van der Waals surface area contributed by atoms with Crippen molar-refractivity contribution in [2.75, 3.05) is 13.1 Å². The van der Waals surface area contributed by atoms with Gasteiger partial charge in [0.1, 0.15) is 6.04 Å². The van der Waals surface area contributed by atoms with Crippen LogP contribution in [0.2, 0.25) is 0 Å². The average Bonchev–Trinajstić information content (AvgIpc) is 3.23. The van der Waals surface area contributed by atoms with E-state index in [9.17, 15) is 14.4 Å². The summed E-state index contributed by atoms with van der Waals surface area (Å²) >= 11 is 0. The number of rotatable bonds is 6. The molecular weight excluding hydrogens is 344 g/mol. The Morgan fingerprint density at radius 3 is 2.70 bits per heavy atom. The van der Waals surface area contributed by atoms with Crippen LogP contribution in [0.15, 0.2) is 12.2 Å². The Morgan fingerprint density at radius 1 is 1.30 bits per heavy atom. The third-order valence-corrected chi connectivity index (χ3v) is 6.98. The number of primary amides is 1. The van der Waals surface area contributed by atoms with Crippen molar-refractivity contribution in [3.05, 3.63) is 12.2 Å². The number of amides is 3. The molecule has 0 spiro atoms. The lowest BCUT2D eigenvalue weighted by atomic mass is 9.69. The maximum atomic E-state index is 13.0. The molecule has 1 saturated carbocycles. The molecule has 2 heterocycles. The number of carbonyl (C=O) groups is 3. The molecular formula is C20H30N4O3. The first-order chi connectivity index (χ1) is 13.0. The van der Waals surface area contributed by atoms with Crippen LogP contribution in [-0.2, 0) is 14.4 Å². The molecule has 2 aliphatic heterocycles. The van der Waals surface area contributed by atoms with Crippen LogP contribution >= 0.6 is 0 Å². The fourth-order valence-electron chi connectivity index (χ4n) is 5.36. The molecule has 0 radical (unpaired) electrons. The van der Waals surface area contributed by atoms with Crippen LogP contribution in [0.4, 0.5) is 0 Å². The van der Waals surface area contributed by atoms with Crippen molar-refractivity contribution < 1.29 is 14.4 Å². The van der Waals surface area contributed by atoms with Gasteiger partial charge in [-0.05, 0) is 61.8 Å². The molecule has 2 aliphatic carbocycles. The monoisotopic (exact) mass is 374 g/mol. The van der Waals surface area contributed by atoms with Crippen molar-refractivity contribution in [3.63, 3.8) is 0 Å². The van der Waals surface area contributed by atoms with Crippen LogP contribution in [0.25, 0.3) is 0 Å². The first-order valence-electron chi connectivity index (χ1n) is 10.2. The van der Waals surface area contributed by atoms with E-state index in [1.54, 1.807) is 0 Å². The van der Waals surface area contributed by atoms with Crippen molar-refractivity contribution >= 4 is 17.7 Å². The van der Waals surface area contributed by atoms with E-state index in [1.165, 1.54) is 12.8 Å². The second-order valence-corrected chi connectivity index (χ2v) is 8.76. The number of nitrogens with one attached hydrogen (secondary N) is 3. The van der Waals surface area contributed by atoms with Crippen molar-refractivity contribution in [1.82, 2.24) is 16.0 Å². The van der Waals surface area contributed by atoms with E-state index >= 15 is 0 Å². The Kier molecular flexibility index (Phi) is 4.97. The second-order valence-electron chi connectivity index (χ2n) is 8.76. The zero-order valence-electron chi connectivity index (χ0n) is 15.8. The van der Waals surface area contributed by atoms with E-state index in [4.69, 9.17) is 5.73 Å². The summed E-state index contributed by atoms with van der Waals surface area (Å²) in [5, 5.41) is 9.01. The normalized spacial score (nSPS) is 38.9. The first kappa shape index (κ1) is 18.5. The standard InChI is InChI=1S/C20H30N4O3/c1-10-2-5-13(11-3-4-11)14-9-23-17(16(10)14)20(27)24-15(18(21)25)8-12-6-7-22-19(12)26/h2,5,10-17,23H,3-4,6-9H2,1H3,(H2,21,25)(H,22,26)(H,24,27)/t10-,12+,13-,14?,15+,16+,17+/m1/s1. The molecule has 0 aromatic rings. The van der Waals surface area contributed by atoms with E-state index in [2.05, 4.69) is 35.0 Å². The molecule has 3 fully saturated rings. The predicted octanol–water partition coefficient (Wildman–Crippen LogP) is -0.0810. The summed E-state index contributed by atoms with van der Waals surface area (Å²) in [6.45, 7) is 3.62. The van der Waals surface area contributed by atoms with Gasteiger partial charge in [-0.3, -0.25) is 14.4 Å². The van der Waals surface area contributed by atoms with Crippen LogP contribution in [0.3, 0.4) is 0 Å². The molecule has 27 heavy (non-hydrogen) atoms. The molecule has 4 aliphatic rings. The minimum Gasteiger partial charge on any atom is -0.368 e. The first-order valence-corrected chi connectivity index (χ1v) is 10.2. The SMILES string of the molecule is C[C@@H]1C=C[C@H](C2CC2)C2CN[C@H](C(=O)N[C@@H](C[C@@H]3CCNC3=O)C(N)=O)[C@H]21. The Morgan fingerprint density at radius 2 is 2.07 bits per heavy atom. The Hall–Kier alpha value is -1.89. The predicted molar refractivity (Wildman–Crippen MR) is 100 cm³/mol. The molecule has 2 saturated heterocycles. The van der Waals surface area contributed by atoms with Gasteiger partial charge in [-0.15, -0.1) is 0 Å². The lowest BCUT2D eigenvalue weighted by molar-refractivity contribution is -0.130. The van der Waals surface area contributed by atoms with Crippen LogP contribution < -0.4 is 21.7 Å². The molecule has 0 bridgehead atoms. The minimum atomic E-state index is -0.805. The van der Waals surface area contributed by atoms with E-state index in [-0.39, 0.29) is 36.1 Å². The summed E-state index contributed by atoms with van der Waals surface area (Å²) in [7, 11) is 0. The van der Waals surface area contributed by atoms with Gasteiger partial charge < -0.3 is 21.7 Å². The molecule has 5 N–H and O–H groups in total. The summed E-state index contributed by atoms with van der Waals surface area (Å²) in [6.07, 6.45) is 8.14. The quantitative estimate of drug-likeness (QED) is 0.487. The van der Waals surface area contributed by atoms with Crippen molar-refractivity contribution in [1.29, 1.82) is 0 Å². The number of hydrogen-bond acceptors (Lipinski definition) is 4. The van der Waals surface area contributed by atoms with Gasteiger partial charge in [-0.2, -0.15) is 0 Å². The Balaban J connectivity index is 1.43. The number of nitrogens with two attached hydrogens (primary N) is 1. The highest BCUT2D eigenvalue weighted by molar-refractivity contribution is 5.90. The van der Waals surface area contributed by atoms with Crippen LogP contribution in [0.1, 0.15) is 32.6 Å². The lowest BCUT2D eigenvalue weighted by Gasteiger charge is -2.35. The summed E-state index contributed by atoms with van der Waals surface area (Å²) in [5.74, 6) is 1.30. The summed E-state index contributed by atoms with van der Waals surface area (Å²) in [4.78, 5) is 36.7. The van der Waals surface area contributed by atoms with Crippen molar-refractivity contribution in [2.24, 2.45) is 41.2 Å². The highest BCUT2D eigenvalue weighted by Gasteiger charge is 2.50. The van der Waals surface area contributed by atoms with Gasteiger partial charge in [0, 0.05) is 12.5 Å². The molecule has 7 nitrogen and oxygen atoms in total. The smallest absolute Gasteiger partial charge is 0.240 e. The molecule has 1 unspecified atom stereocenters. The van der Waals surface area contributed by atoms with E-state index in [0.29, 0.717) is 30.7 Å². The molecule has 148 valence electrons. The molecule has 7 heteroatoms. The van der Waals surface area contributed by atoms with E-state index < -0.39 is 11.9 Å². The molecule has 4 rings (SSSR count). The van der Waals surface area contributed by atoms with Gasteiger partial charge in [0.25, 0.3) is 0 Å². The summed E-state index contributed by atoms with van der Waals surface area (Å²) in [5.41, 5.74) is 5.52. The summed E-state index contributed by atoms with van der Waals surface area (Å²) in [6, 6.07) is -1.11.